The van der Waals surface area contributed by atoms with Gasteiger partial charge in [-0.1, -0.05) is 19.8 Å². The number of unbranched alkanes of at least 4 members (excludes halogenated alkanes) is 2. The molecule has 0 atom stereocenters. The molecule has 110 valence electrons. The van der Waals surface area contributed by atoms with E-state index >= 15 is 0 Å². The van der Waals surface area contributed by atoms with Crippen molar-refractivity contribution in [1.29, 1.82) is 0 Å². The molecule has 0 aliphatic heterocycles. The lowest BCUT2D eigenvalue weighted by Crippen LogP contribution is -2.37. The van der Waals surface area contributed by atoms with Gasteiger partial charge in [0.05, 0.1) is 13.7 Å². The Morgan fingerprint density at radius 1 is 1.10 bits per heavy atom. The second-order valence-electron chi connectivity index (χ2n) is 4.47. The van der Waals surface area contributed by atoms with Crippen LogP contribution >= 0.6 is 0 Å². The van der Waals surface area contributed by atoms with Gasteiger partial charge in [0, 0.05) is 12.1 Å². The molecular weight excluding hydrogens is 256 g/mol. The van der Waals surface area contributed by atoms with Crippen molar-refractivity contribution in [2.45, 2.75) is 26.2 Å². The normalized spacial score (nSPS) is 9.90. The van der Waals surface area contributed by atoms with Crippen LogP contribution in [0.1, 0.15) is 36.5 Å². The SMILES string of the molecule is CCCCCNC(=O)CNC(=O)c1ccc(OC)cc1. The summed E-state index contributed by atoms with van der Waals surface area (Å²) in [5, 5.41) is 5.35. The van der Waals surface area contributed by atoms with Gasteiger partial charge in [0.15, 0.2) is 0 Å². The molecule has 1 aromatic carbocycles. The van der Waals surface area contributed by atoms with Crippen LogP contribution in [0.25, 0.3) is 0 Å². The lowest BCUT2D eigenvalue weighted by molar-refractivity contribution is -0.120. The minimum absolute atomic E-state index is 0.00299. The number of carbonyl (C=O) groups is 2. The highest BCUT2D eigenvalue weighted by molar-refractivity contribution is 5.96. The zero-order valence-corrected chi connectivity index (χ0v) is 12.1. The molecule has 20 heavy (non-hydrogen) atoms. The Hall–Kier alpha value is -2.04. The van der Waals surface area contributed by atoms with E-state index < -0.39 is 0 Å². The first-order valence-electron chi connectivity index (χ1n) is 6.86. The van der Waals surface area contributed by atoms with Crippen molar-refractivity contribution in [3.63, 3.8) is 0 Å². The smallest absolute Gasteiger partial charge is 0.251 e. The van der Waals surface area contributed by atoms with Crippen LogP contribution < -0.4 is 15.4 Å². The molecule has 0 bridgehead atoms. The highest BCUT2D eigenvalue weighted by Crippen LogP contribution is 2.10. The molecular formula is C15H22N2O3. The van der Waals surface area contributed by atoms with E-state index in [4.69, 9.17) is 4.74 Å². The van der Waals surface area contributed by atoms with E-state index in [2.05, 4.69) is 17.6 Å². The van der Waals surface area contributed by atoms with Crippen molar-refractivity contribution in [3.05, 3.63) is 29.8 Å². The van der Waals surface area contributed by atoms with Crippen LogP contribution in [0, 0.1) is 0 Å². The van der Waals surface area contributed by atoms with Crippen molar-refractivity contribution in [2.24, 2.45) is 0 Å². The first kappa shape index (κ1) is 16.0. The maximum Gasteiger partial charge on any atom is 0.251 e. The second-order valence-corrected chi connectivity index (χ2v) is 4.47. The van der Waals surface area contributed by atoms with Crippen LogP contribution in [0.5, 0.6) is 5.75 Å². The van der Waals surface area contributed by atoms with Gasteiger partial charge in [-0.15, -0.1) is 0 Å². The van der Waals surface area contributed by atoms with Crippen molar-refractivity contribution in [1.82, 2.24) is 10.6 Å². The number of methoxy groups -OCH3 is 1. The number of rotatable bonds is 8. The molecule has 0 aromatic heterocycles. The number of amides is 2. The maximum absolute atomic E-state index is 11.8. The standard InChI is InChI=1S/C15H22N2O3/c1-3-4-5-10-16-14(18)11-17-15(19)12-6-8-13(20-2)9-7-12/h6-9H,3-5,10-11H2,1-2H3,(H,16,18)(H,17,19). The highest BCUT2D eigenvalue weighted by Gasteiger charge is 2.07. The Morgan fingerprint density at radius 2 is 1.80 bits per heavy atom. The summed E-state index contributed by atoms with van der Waals surface area (Å²) in [4.78, 5) is 23.3. The van der Waals surface area contributed by atoms with Crippen LogP contribution in [0.15, 0.2) is 24.3 Å². The molecule has 1 rings (SSSR count). The lowest BCUT2D eigenvalue weighted by Gasteiger charge is -2.07. The summed E-state index contributed by atoms with van der Waals surface area (Å²) in [6.07, 6.45) is 3.18. The minimum atomic E-state index is -0.267. The molecule has 5 nitrogen and oxygen atoms in total. The van der Waals surface area contributed by atoms with Gasteiger partial charge in [-0.3, -0.25) is 9.59 Å². The molecule has 5 heteroatoms. The molecule has 0 aliphatic carbocycles. The molecule has 0 heterocycles. The summed E-state index contributed by atoms with van der Waals surface area (Å²) in [7, 11) is 1.57. The van der Waals surface area contributed by atoms with Crippen LogP contribution in [0.4, 0.5) is 0 Å². The predicted octanol–water partition coefficient (Wildman–Crippen LogP) is 1.73. The summed E-state index contributed by atoms with van der Waals surface area (Å²) in [6, 6.07) is 6.74. The van der Waals surface area contributed by atoms with E-state index in [0.29, 0.717) is 17.9 Å². The lowest BCUT2D eigenvalue weighted by atomic mass is 10.2. The number of ether oxygens (including phenoxy) is 1. The largest absolute Gasteiger partial charge is 0.497 e. The molecule has 0 saturated carbocycles. The van der Waals surface area contributed by atoms with Crippen LogP contribution in [0.3, 0.4) is 0 Å². The third-order valence-corrected chi connectivity index (χ3v) is 2.86. The van der Waals surface area contributed by atoms with Crippen LogP contribution in [-0.4, -0.2) is 32.0 Å². The maximum atomic E-state index is 11.8. The summed E-state index contributed by atoms with van der Waals surface area (Å²) in [5.41, 5.74) is 0.504. The fraction of sp³-hybridized carbons (Fsp3) is 0.467. The van der Waals surface area contributed by atoms with Crippen molar-refractivity contribution >= 4 is 11.8 Å². The topological polar surface area (TPSA) is 67.4 Å². The van der Waals surface area contributed by atoms with Gasteiger partial charge < -0.3 is 15.4 Å². The summed E-state index contributed by atoms with van der Waals surface area (Å²) >= 11 is 0. The number of hydrogen-bond acceptors (Lipinski definition) is 3. The van der Waals surface area contributed by atoms with Gasteiger partial charge in [0.2, 0.25) is 5.91 Å². The Balaban J connectivity index is 2.29. The summed E-state index contributed by atoms with van der Waals surface area (Å²) in [6.45, 7) is 2.76. The van der Waals surface area contributed by atoms with E-state index in [0.717, 1.165) is 19.3 Å². The van der Waals surface area contributed by atoms with Gasteiger partial charge in [-0.25, -0.2) is 0 Å². The van der Waals surface area contributed by atoms with Gasteiger partial charge >= 0.3 is 0 Å². The number of nitrogens with one attached hydrogen (secondary N) is 2. The summed E-state index contributed by atoms with van der Waals surface area (Å²) in [5.74, 6) is 0.259. The monoisotopic (exact) mass is 278 g/mol. The van der Waals surface area contributed by atoms with E-state index in [1.165, 1.54) is 0 Å². The number of hydrogen-bond donors (Lipinski definition) is 2. The number of benzene rings is 1. The van der Waals surface area contributed by atoms with Crippen LogP contribution in [-0.2, 0) is 4.79 Å². The molecule has 1 aromatic rings. The van der Waals surface area contributed by atoms with Crippen LogP contribution in [0.2, 0.25) is 0 Å². The Labute approximate surface area is 119 Å². The van der Waals surface area contributed by atoms with Gasteiger partial charge in [0.1, 0.15) is 5.75 Å². The fourth-order valence-corrected chi connectivity index (χ4v) is 1.67. The third kappa shape index (κ3) is 5.73. The average molecular weight is 278 g/mol. The fourth-order valence-electron chi connectivity index (χ4n) is 1.67. The third-order valence-electron chi connectivity index (χ3n) is 2.86. The van der Waals surface area contributed by atoms with E-state index in [9.17, 15) is 9.59 Å². The molecule has 0 aliphatic rings. The highest BCUT2D eigenvalue weighted by atomic mass is 16.5. The summed E-state index contributed by atoms with van der Waals surface area (Å²) < 4.78 is 5.02. The molecule has 2 N–H and O–H groups in total. The second kappa shape index (κ2) is 8.96. The molecule has 0 radical (unpaired) electrons. The minimum Gasteiger partial charge on any atom is -0.497 e. The predicted molar refractivity (Wildman–Crippen MR) is 77.9 cm³/mol. The molecule has 0 unspecified atom stereocenters. The first-order chi connectivity index (χ1) is 9.67. The molecule has 2 amide bonds. The first-order valence-corrected chi connectivity index (χ1v) is 6.86. The van der Waals surface area contributed by atoms with E-state index in [1.807, 2.05) is 0 Å². The van der Waals surface area contributed by atoms with Crippen molar-refractivity contribution < 1.29 is 14.3 Å². The Bertz CT molecular complexity index is 429. The van der Waals surface area contributed by atoms with Gasteiger partial charge in [0.25, 0.3) is 5.91 Å². The van der Waals surface area contributed by atoms with E-state index in [1.54, 1.807) is 31.4 Å². The van der Waals surface area contributed by atoms with Gasteiger partial charge in [-0.05, 0) is 30.7 Å². The Morgan fingerprint density at radius 3 is 2.40 bits per heavy atom. The molecule has 0 spiro atoms. The van der Waals surface area contributed by atoms with Crippen molar-refractivity contribution in [2.75, 3.05) is 20.2 Å². The zero-order chi connectivity index (χ0) is 14.8. The molecule has 0 fully saturated rings. The quantitative estimate of drug-likeness (QED) is 0.712. The molecule has 0 saturated heterocycles. The zero-order valence-electron chi connectivity index (χ0n) is 12.1. The van der Waals surface area contributed by atoms with E-state index in [-0.39, 0.29) is 18.4 Å². The number of carbonyl (C=O) groups excluding carboxylic acids is 2. The Kier molecular flexibility index (Phi) is 7.17. The van der Waals surface area contributed by atoms with Gasteiger partial charge in [-0.2, -0.15) is 0 Å². The van der Waals surface area contributed by atoms with Crippen molar-refractivity contribution in [3.8, 4) is 5.75 Å². The average Bonchev–Trinajstić information content (AvgIpc) is 2.49.